The number of carbonyl (C=O) groups excluding carboxylic acids is 6. The van der Waals surface area contributed by atoms with Crippen LogP contribution in [-0.4, -0.2) is 99.1 Å². The molecule has 3 aromatic rings. The second kappa shape index (κ2) is 21.6. The summed E-state index contributed by atoms with van der Waals surface area (Å²) in [6.07, 6.45) is -8.32. The van der Waals surface area contributed by atoms with E-state index in [1.54, 1.807) is 30.3 Å². The number of alkyl carbamates (subject to hydrolysis) is 1. The molecule has 1 fully saturated rings. The van der Waals surface area contributed by atoms with Crippen molar-refractivity contribution in [2.45, 2.75) is 77.0 Å². The number of phosphoric acid groups is 1. The number of fused-ring (bicyclic) bond motifs is 3. The van der Waals surface area contributed by atoms with E-state index in [1.165, 1.54) is 6.08 Å². The molecule has 2 aliphatic rings. The molecule has 1 aliphatic carbocycles. The quantitative estimate of drug-likeness (QED) is 0.0719. The lowest BCUT2D eigenvalue weighted by Gasteiger charge is -2.44. The van der Waals surface area contributed by atoms with Gasteiger partial charge in [0.25, 0.3) is 0 Å². The number of rotatable bonds is 19. The van der Waals surface area contributed by atoms with Gasteiger partial charge >= 0.3 is 43.8 Å². The van der Waals surface area contributed by atoms with Crippen molar-refractivity contribution < 1.29 is 80.1 Å². The minimum Gasteiger partial charge on any atom is -0.463 e. The molecule has 1 amide bonds. The van der Waals surface area contributed by atoms with Gasteiger partial charge < -0.3 is 38.5 Å². The molecule has 61 heavy (non-hydrogen) atoms. The average Bonchev–Trinajstić information content (AvgIpc) is 3.54. The van der Waals surface area contributed by atoms with Crippen molar-refractivity contribution in [2.24, 2.45) is 0 Å². The van der Waals surface area contributed by atoms with E-state index in [0.717, 1.165) is 49.9 Å². The van der Waals surface area contributed by atoms with Gasteiger partial charge in [-0.3, -0.25) is 32.7 Å². The number of nitrogens with one attached hydrogen (secondary N) is 1. The molecule has 5 rings (SSSR count). The fraction of sp³-hybridized carbons (Fsp3) is 0.381. The lowest BCUT2D eigenvalue weighted by atomic mass is 9.98. The molecule has 7 atom stereocenters. The van der Waals surface area contributed by atoms with Crippen molar-refractivity contribution in [3.05, 3.63) is 108 Å². The molecule has 326 valence electrons. The van der Waals surface area contributed by atoms with Gasteiger partial charge in [-0.05, 0) is 27.8 Å². The highest BCUT2D eigenvalue weighted by molar-refractivity contribution is 7.48. The number of hydrogen-bond donors (Lipinski definition) is 1. The number of carbonyl (C=O) groups is 6. The van der Waals surface area contributed by atoms with Gasteiger partial charge in [-0.25, -0.2) is 14.2 Å². The molecule has 1 saturated heterocycles. The first-order valence-electron chi connectivity index (χ1n) is 19.0. The number of hydrogen-bond acceptors (Lipinski definition) is 17. The van der Waals surface area contributed by atoms with Gasteiger partial charge in [0.1, 0.15) is 25.9 Å². The van der Waals surface area contributed by atoms with Crippen molar-refractivity contribution in [2.75, 3.05) is 26.4 Å². The number of ether oxygens (including phenoxy) is 7. The third kappa shape index (κ3) is 12.8. The van der Waals surface area contributed by atoms with E-state index in [9.17, 15) is 33.3 Å². The Labute approximate surface area is 351 Å². The van der Waals surface area contributed by atoms with Crippen LogP contribution in [0.25, 0.3) is 11.1 Å². The smallest absolute Gasteiger partial charge is 0.463 e. The van der Waals surface area contributed by atoms with Crippen LogP contribution in [0.15, 0.2) is 91.5 Å². The van der Waals surface area contributed by atoms with Crippen molar-refractivity contribution in [3.8, 4) is 11.1 Å². The van der Waals surface area contributed by atoms with Crippen molar-refractivity contribution in [1.82, 2.24) is 5.32 Å². The van der Waals surface area contributed by atoms with Gasteiger partial charge in [0.15, 0.2) is 24.4 Å². The van der Waals surface area contributed by atoms with Gasteiger partial charge in [0.2, 0.25) is 6.29 Å². The number of benzene rings is 3. The van der Waals surface area contributed by atoms with E-state index < -0.39 is 100 Å². The second-order valence-corrected chi connectivity index (χ2v) is 15.2. The largest absolute Gasteiger partial charge is 0.477 e. The van der Waals surface area contributed by atoms with Gasteiger partial charge in [-0.15, -0.1) is 0 Å². The maximum atomic E-state index is 14.7. The summed E-state index contributed by atoms with van der Waals surface area (Å²) in [6, 6.07) is 22.0. The van der Waals surface area contributed by atoms with Crippen LogP contribution in [-0.2, 0) is 81.9 Å². The Balaban J connectivity index is 1.41. The van der Waals surface area contributed by atoms with Gasteiger partial charge in [0, 0.05) is 33.6 Å². The van der Waals surface area contributed by atoms with Crippen molar-refractivity contribution >= 4 is 43.8 Å². The minimum absolute atomic E-state index is 0.111. The first-order valence-corrected chi connectivity index (χ1v) is 20.4. The summed E-state index contributed by atoms with van der Waals surface area (Å²) >= 11 is 0. The molecule has 3 aromatic carbocycles. The van der Waals surface area contributed by atoms with E-state index in [4.69, 9.17) is 46.7 Å². The van der Waals surface area contributed by atoms with Crippen molar-refractivity contribution in [3.63, 3.8) is 0 Å². The average molecular weight is 868 g/mol. The zero-order valence-corrected chi connectivity index (χ0v) is 34.6. The Morgan fingerprint density at radius 2 is 1.28 bits per heavy atom. The molecule has 1 aliphatic heterocycles. The monoisotopic (exact) mass is 867 g/mol. The van der Waals surface area contributed by atoms with Crippen LogP contribution in [0, 0.1) is 0 Å². The number of phosphoric ester groups is 1. The summed E-state index contributed by atoms with van der Waals surface area (Å²) in [5, 5.41) is 2.39. The Morgan fingerprint density at radius 3 is 1.87 bits per heavy atom. The molecule has 0 radical (unpaired) electrons. The molecule has 19 heteroatoms. The number of esters is 5. The standard InChI is InChI=1S/C42H46NO17P/c1-6-20-51-40(48)35(43-42(49)53-22-34-32-18-12-10-16-30(32)31-17-11-13-19-33(31)34)23-55-61(50,54-21-29-14-8-7-9-15-29)60-41-39(58-28(5)47)38(57-27(4)46)37(56-26(3)45)36(59-41)24-52-25(2)44/h6-19,34-39,41H,1,20-24H2,2-5H3,(H,43,49)/t35-,36+,37+,38-,39-,41+,61?/m0/s1. The molecular weight excluding hydrogens is 821 g/mol. The number of amides is 1. The fourth-order valence-electron chi connectivity index (χ4n) is 6.59. The first kappa shape index (κ1) is 46.2. The highest BCUT2D eigenvalue weighted by Crippen LogP contribution is 2.53. The Hall–Kier alpha value is -5.91. The predicted molar refractivity (Wildman–Crippen MR) is 211 cm³/mol. The Morgan fingerprint density at radius 1 is 0.705 bits per heavy atom. The summed E-state index contributed by atoms with van der Waals surface area (Å²) in [6.45, 7) is 5.35. The van der Waals surface area contributed by atoms with E-state index in [-0.39, 0.29) is 19.1 Å². The summed E-state index contributed by atoms with van der Waals surface area (Å²) in [7, 11) is -5.07. The molecule has 1 heterocycles. The van der Waals surface area contributed by atoms with E-state index in [2.05, 4.69) is 11.9 Å². The minimum atomic E-state index is -5.07. The van der Waals surface area contributed by atoms with Crippen LogP contribution in [0.2, 0.25) is 0 Å². The highest BCUT2D eigenvalue weighted by atomic mass is 31.2. The summed E-state index contributed by atoms with van der Waals surface area (Å²) in [5.41, 5.74) is 4.36. The van der Waals surface area contributed by atoms with Gasteiger partial charge in [-0.2, -0.15) is 0 Å². The van der Waals surface area contributed by atoms with E-state index >= 15 is 0 Å². The molecule has 1 unspecified atom stereocenters. The van der Waals surface area contributed by atoms with Gasteiger partial charge in [0.05, 0.1) is 13.2 Å². The first-order chi connectivity index (χ1) is 29.2. The lowest BCUT2D eigenvalue weighted by Crippen LogP contribution is -2.62. The molecule has 18 nitrogen and oxygen atoms in total. The summed E-state index contributed by atoms with van der Waals surface area (Å²) in [5.74, 6) is -4.90. The third-order valence-corrected chi connectivity index (χ3v) is 10.5. The Kier molecular flexibility index (Phi) is 16.3. The zero-order chi connectivity index (χ0) is 44.1. The maximum absolute atomic E-state index is 14.7. The molecule has 1 N–H and O–H groups in total. The highest BCUT2D eigenvalue weighted by Gasteiger charge is 2.55. The second-order valence-electron chi connectivity index (χ2n) is 13.6. The van der Waals surface area contributed by atoms with Crippen LogP contribution >= 0.6 is 7.82 Å². The Bertz CT molecular complexity index is 2070. The topological polar surface area (TPSA) is 224 Å². The SMILES string of the molecule is C=CCOC(=O)[C@H](COP(=O)(OCc1ccccc1)O[C@H]1O[C@H](COC(C)=O)[C@@H](OC(C)=O)[C@H](OC(C)=O)[C@@H]1OC(C)=O)NC(=O)OCC1c2ccccc2-c2ccccc21. The van der Waals surface area contributed by atoms with Crippen LogP contribution < -0.4 is 5.32 Å². The van der Waals surface area contributed by atoms with Crippen LogP contribution in [0.3, 0.4) is 0 Å². The van der Waals surface area contributed by atoms with Gasteiger partial charge in [-0.1, -0.05) is 91.5 Å². The van der Waals surface area contributed by atoms with Crippen LogP contribution in [0.1, 0.15) is 50.3 Å². The maximum Gasteiger partial charge on any atom is 0.477 e. The summed E-state index contributed by atoms with van der Waals surface area (Å²) < 4.78 is 70.1. The molecule has 0 saturated carbocycles. The van der Waals surface area contributed by atoms with E-state index in [1.807, 2.05) is 48.5 Å². The molecule has 0 aromatic heterocycles. The molecule has 0 bridgehead atoms. The third-order valence-electron chi connectivity index (χ3n) is 9.08. The van der Waals surface area contributed by atoms with E-state index in [0.29, 0.717) is 5.56 Å². The van der Waals surface area contributed by atoms with Crippen LogP contribution in [0.5, 0.6) is 0 Å². The zero-order valence-electron chi connectivity index (χ0n) is 33.8. The summed E-state index contributed by atoms with van der Waals surface area (Å²) in [4.78, 5) is 75.5. The lowest BCUT2D eigenvalue weighted by molar-refractivity contribution is -0.292. The van der Waals surface area contributed by atoms with Crippen LogP contribution in [0.4, 0.5) is 4.79 Å². The molecule has 0 spiro atoms. The molecular formula is C42H46NO17P. The van der Waals surface area contributed by atoms with Crippen molar-refractivity contribution in [1.29, 1.82) is 0 Å². The predicted octanol–water partition coefficient (Wildman–Crippen LogP) is 5.06. The fourth-order valence-corrected chi connectivity index (χ4v) is 7.84. The normalized spacial score (nSPS) is 20.6.